The topological polar surface area (TPSA) is 50.2 Å². The standard InChI is InChI=1S/C22H32N4O/c1-4-21-23-12-15-25(21)14-11-22(27)26-13-5-6-20(16-26)24-19-9-7-18(8-10-19)17(2)3/h7-10,12,15,17,20,24H,4-6,11,13-14,16H2,1-3H3/t20-/m1/s1. The van der Waals surface area contributed by atoms with Gasteiger partial charge in [-0.3, -0.25) is 4.79 Å². The molecule has 0 radical (unpaired) electrons. The van der Waals surface area contributed by atoms with Gasteiger partial charge in [-0.15, -0.1) is 0 Å². The zero-order valence-corrected chi connectivity index (χ0v) is 16.8. The minimum absolute atomic E-state index is 0.243. The lowest BCUT2D eigenvalue weighted by Crippen LogP contribution is -2.45. The van der Waals surface area contributed by atoms with E-state index in [0.717, 1.165) is 43.9 Å². The normalized spacial score (nSPS) is 17.3. The maximum absolute atomic E-state index is 12.7. The number of imidazole rings is 1. The Kier molecular flexibility index (Phi) is 6.54. The minimum atomic E-state index is 0.243. The number of piperidine rings is 1. The van der Waals surface area contributed by atoms with Crippen molar-refractivity contribution in [2.45, 2.75) is 65.0 Å². The molecule has 2 aromatic rings. The maximum atomic E-state index is 12.7. The van der Waals surface area contributed by atoms with E-state index in [0.29, 0.717) is 24.9 Å². The van der Waals surface area contributed by atoms with Crippen molar-refractivity contribution in [1.82, 2.24) is 14.5 Å². The molecule has 3 rings (SSSR count). The van der Waals surface area contributed by atoms with Gasteiger partial charge in [0.15, 0.2) is 0 Å². The third kappa shape index (κ3) is 5.12. The minimum Gasteiger partial charge on any atom is -0.381 e. The van der Waals surface area contributed by atoms with Gasteiger partial charge >= 0.3 is 0 Å². The van der Waals surface area contributed by atoms with E-state index < -0.39 is 0 Å². The van der Waals surface area contributed by atoms with Gasteiger partial charge in [-0.1, -0.05) is 32.9 Å². The van der Waals surface area contributed by atoms with Crippen molar-refractivity contribution in [1.29, 1.82) is 0 Å². The third-order valence-electron chi connectivity index (χ3n) is 5.41. The summed E-state index contributed by atoms with van der Waals surface area (Å²) in [7, 11) is 0. The molecule has 1 aromatic carbocycles. The van der Waals surface area contributed by atoms with Gasteiger partial charge in [0.25, 0.3) is 0 Å². The SMILES string of the molecule is CCc1nccn1CCC(=O)N1CCC[C@@H](Nc2ccc(C(C)C)cc2)C1. The first-order valence-corrected chi connectivity index (χ1v) is 10.2. The number of benzene rings is 1. The van der Waals surface area contributed by atoms with Crippen molar-refractivity contribution in [3.63, 3.8) is 0 Å². The number of nitrogens with zero attached hydrogens (tertiary/aromatic N) is 3. The molecule has 1 saturated heterocycles. The van der Waals surface area contributed by atoms with Crippen LogP contribution in [-0.4, -0.2) is 39.5 Å². The molecule has 27 heavy (non-hydrogen) atoms. The lowest BCUT2D eigenvalue weighted by atomic mass is 10.0. The number of aryl methyl sites for hydroxylation is 2. The molecule has 1 aliphatic rings. The summed E-state index contributed by atoms with van der Waals surface area (Å²) >= 11 is 0. The van der Waals surface area contributed by atoms with Gasteiger partial charge in [0.05, 0.1) is 0 Å². The quantitative estimate of drug-likeness (QED) is 0.802. The summed E-state index contributed by atoms with van der Waals surface area (Å²) in [6, 6.07) is 9.01. The van der Waals surface area contributed by atoms with Crippen molar-refractivity contribution >= 4 is 11.6 Å². The highest BCUT2D eigenvalue weighted by molar-refractivity contribution is 5.76. The molecule has 0 aliphatic carbocycles. The second-order valence-electron chi connectivity index (χ2n) is 7.74. The van der Waals surface area contributed by atoms with Gasteiger partial charge < -0.3 is 14.8 Å². The van der Waals surface area contributed by atoms with Crippen LogP contribution in [0.15, 0.2) is 36.7 Å². The Morgan fingerprint density at radius 2 is 2.07 bits per heavy atom. The Labute approximate surface area is 162 Å². The summed E-state index contributed by atoms with van der Waals surface area (Å²) in [4.78, 5) is 19.0. The number of hydrogen-bond acceptors (Lipinski definition) is 3. The van der Waals surface area contributed by atoms with Gasteiger partial charge in [-0.25, -0.2) is 4.98 Å². The highest BCUT2D eigenvalue weighted by Gasteiger charge is 2.23. The van der Waals surface area contributed by atoms with Gasteiger partial charge in [-0.05, 0) is 36.5 Å². The van der Waals surface area contributed by atoms with E-state index in [9.17, 15) is 4.79 Å². The molecule has 0 unspecified atom stereocenters. The fourth-order valence-corrected chi connectivity index (χ4v) is 3.75. The van der Waals surface area contributed by atoms with Crippen LogP contribution >= 0.6 is 0 Å². The number of amides is 1. The zero-order valence-electron chi connectivity index (χ0n) is 16.8. The molecule has 2 heterocycles. The first-order chi connectivity index (χ1) is 13.1. The third-order valence-corrected chi connectivity index (χ3v) is 5.41. The Morgan fingerprint density at radius 1 is 1.30 bits per heavy atom. The average molecular weight is 369 g/mol. The fourth-order valence-electron chi connectivity index (χ4n) is 3.75. The number of rotatable bonds is 7. The number of carbonyl (C=O) groups excluding carboxylic acids is 1. The number of carbonyl (C=O) groups is 1. The number of likely N-dealkylation sites (tertiary alicyclic amines) is 1. The lowest BCUT2D eigenvalue weighted by molar-refractivity contribution is -0.132. The lowest BCUT2D eigenvalue weighted by Gasteiger charge is -2.34. The molecule has 0 saturated carbocycles. The molecule has 1 amide bonds. The van der Waals surface area contributed by atoms with Gasteiger partial charge in [-0.2, -0.15) is 0 Å². The Bertz CT molecular complexity index is 735. The fraction of sp³-hybridized carbons (Fsp3) is 0.545. The summed E-state index contributed by atoms with van der Waals surface area (Å²) in [5.74, 6) is 1.84. The van der Waals surface area contributed by atoms with Crippen LogP contribution < -0.4 is 5.32 Å². The van der Waals surface area contributed by atoms with Crippen LogP contribution in [0.1, 0.15) is 57.3 Å². The maximum Gasteiger partial charge on any atom is 0.224 e. The van der Waals surface area contributed by atoms with Crippen molar-refractivity contribution in [3.05, 3.63) is 48.0 Å². The average Bonchev–Trinajstić information content (AvgIpc) is 3.14. The van der Waals surface area contributed by atoms with E-state index in [1.54, 1.807) is 0 Å². The van der Waals surface area contributed by atoms with E-state index in [-0.39, 0.29) is 5.91 Å². The van der Waals surface area contributed by atoms with Crippen LogP contribution in [0.4, 0.5) is 5.69 Å². The van der Waals surface area contributed by atoms with E-state index in [1.807, 2.05) is 17.3 Å². The van der Waals surface area contributed by atoms with E-state index in [1.165, 1.54) is 5.56 Å². The van der Waals surface area contributed by atoms with Crippen molar-refractivity contribution < 1.29 is 4.79 Å². The van der Waals surface area contributed by atoms with Crippen molar-refractivity contribution in [2.75, 3.05) is 18.4 Å². The Balaban J connectivity index is 1.51. The number of aromatic nitrogens is 2. The summed E-state index contributed by atoms with van der Waals surface area (Å²) in [5.41, 5.74) is 2.50. The van der Waals surface area contributed by atoms with Crippen LogP contribution in [0.3, 0.4) is 0 Å². The van der Waals surface area contributed by atoms with Gasteiger partial charge in [0.2, 0.25) is 5.91 Å². The van der Waals surface area contributed by atoms with Gasteiger partial charge in [0.1, 0.15) is 5.82 Å². The molecule has 0 spiro atoms. The molecule has 1 N–H and O–H groups in total. The van der Waals surface area contributed by atoms with Crippen LogP contribution in [0.25, 0.3) is 0 Å². The summed E-state index contributed by atoms with van der Waals surface area (Å²) < 4.78 is 2.09. The zero-order chi connectivity index (χ0) is 19.2. The van der Waals surface area contributed by atoms with Crippen LogP contribution in [0.5, 0.6) is 0 Å². The molecule has 0 bridgehead atoms. The highest BCUT2D eigenvalue weighted by Crippen LogP contribution is 2.20. The second-order valence-corrected chi connectivity index (χ2v) is 7.74. The van der Waals surface area contributed by atoms with Crippen LogP contribution in [-0.2, 0) is 17.8 Å². The van der Waals surface area contributed by atoms with Crippen LogP contribution in [0, 0.1) is 0 Å². The predicted octanol–water partition coefficient (Wildman–Crippen LogP) is 4.06. The summed E-state index contributed by atoms with van der Waals surface area (Å²) in [6.45, 7) is 8.88. The Hall–Kier alpha value is -2.30. The smallest absolute Gasteiger partial charge is 0.224 e. The molecular formula is C22H32N4O. The van der Waals surface area contributed by atoms with E-state index in [4.69, 9.17) is 0 Å². The van der Waals surface area contributed by atoms with E-state index >= 15 is 0 Å². The number of anilines is 1. The molecule has 1 fully saturated rings. The molecule has 5 nitrogen and oxygen atoms in total. The molecule has 5 heteroatoms. The largest absolute Gasteiger partial charge is 0.381 e. The van der Waals surface area contributed by atoms with Crippen molar-refractivity contribution in [2.24, 2.45) is 0 Å². The molecule has 1 aliphatic heterocycles. The molecule has 1 aromatic heterocycles. The number of hydrogen-bond donors (Lipinski definition) is 1. The monoisotopic (exact) mass is 368 g/mol. The van der Waals surface area contributed by atoms with E-state index in [2.05, 4.69) is 59.9 Å². The summed E-state index contributed by atoms with van der Waals surface area (Å²) in [6.07, 6.45) is 7.38. The number of nitrogens with one attached hydrogen (secondary N) is 1. The van der Waals surface area contributed by atoms with Crippen molar-refractivity contribution in [3.8, 4) is 0 Å². The predicted molar refractivity (Wildman–Crippen MR) is 110 cm³/mol. The first kappa shape index (κ1) is 19.5. The molecule has 146 valence electrons. The van der Waals surface area contributed by atoms with Gasteiger partial charge in [0, 0.05) is 56.6 Å². The second kappa shape index (κ2) is 9.07. The summed E-state index contributed by atoms with van der Waals surface area (Å²) in [5, 5.41) is 3.61. The highest BCUT2D eigenvalue weighted by atomic mass is 16.2. The first-order valence-electron chi connectivity index (χ1n) is 10.2. The van der Waals surface area contributed by atoms with Crippen LogP contribution in [0.2, 0.25) is 0 Å². The molecular weight excluding hydrogens is 336 g/mol. The molecule has 1 atom stereocenters. The Morgan fingerprint density at radius 3 is 2.78 bits per heavy atom.